The molecular weight excluding hydrogens is 188 g/mol. The third kappa shape index (κ3) is 2.02. The van der Waals surface area contributed by atoms with Crippen molar-refractivity contribution in [1.82, 2.24) is 4.90 Å². The average molecular weight is 204 g/mol. The Hall–Kier alpha value is -1.35. The van der Waals surface area contributed by atoms with Gasteiger partial charge in [0.2, 0.25) is 0 Å². The van der Waals surface area contributed by atoms with Crippen LogP contribution < -0.4 is 5.32 Å². The summed E-state index contributed by atoms with van der Waals surface area (Å²) in [6.45, 7) is 1.48. The normalized spacial score (nSPS) is 17.1. The predicted molar refractivity (Wildman–Crippen MR) is 61.5 cm³/mol. The van der Waals surface area contributed by atoms with Crippen LogP contribution in [0.5, 0.6) is 0 Å². The first-order valence-corrected chi connectivity index (χ1v) is 5.23. The monoisotopic (exact) mass is 204 g/mol. The molecule has 1 aliphatic heterocycles. The number of nitrogens with one attached hydrogen (secondary N) is 1. The Kier molecular flexibility index (Phi) is 2.73. The van der Waals surface area contributed by atoms with Crippen molar-refractivity contribution < 1.29 is 4.79 Å². The lowest BCUT2D eigenvalue weighted by molar-refractivity contribution is 0.0954. The summed E-state index contributed by atoms with van der Waals surface area (Å²) in [6, 6.07) is 6.03. The van der Waals surface area contributed by atoms with Gasteiger partial charge in [-0.3, -0.25) is 9.69 Å². The molecule has 0 saturated carbocycles. The summed E-state index contributed by atoms with van der Waals surface area (Å²) < 4.78 is 0. The molecule has 0 fully saturated rings. The van der Waals surface area contributed by atoms with Crippen molar-refractivity contribution in [2.45, 2.75) is 6.42 Å². The van der Waals surface area contributed by atoms with Gasteiger partial charge in [-0.05, 0) is 31.2 Å². The molecule has 0 saturated heterocycles. The van der Waals surface area contributed by atoms with E-state index in [-0.39, 0.29) is 5.78 Å². The second-order valence-electron chi connectivity index (χ2n) is 4.03. The zero-order valence-corrected chi connectivity index (χ0v) is 9.21. The standard InChI is InChI=1S/C12H16N2O/c1-13-10-4-3-9-5-6-14(2)8-12(15)11(9)7-10/h3-4,7,13H,5-6,8H2,1-2H3. The van der Waals surface area contributed by atoms with E-state index in [1.54, 1.807) is 0 Å². The summed E-state index contributed by atoms with van der Waals surface area (Å²) in [7, 11) is 3.86. The maximum Gasteiger partial charge on any atom is 0.177 e. The predicted octanol–water partition coefficient (Wildman–Crippen LogP) is 1.40. The lowest BCUT2D eigenvalue weighted by Crippen LogP contribution is -2.24. The number of rotatable bonds is 1. The number of ketones is 1. The molecule has 0 bridgehead atoms. The van der Waals surface area contributed by atoms with Crippen molar-refractivity contribution in [1.29, 1.82) is 0 Å². The minimum atomic E-state index is 0.224. The Labute approximate surface area is 90.1 Å². The van der Waals surface area contributed by atoms with Crippen molar-refractivity contribution in [3.8, 4) is 0 Å². The molecule has 80 valence electrons. The number of carbonyl (C=O) groups excluding carboxylic acids is 1. The van der Waals surface area contributed by atoms with Crippen LogP contribution in [0.2, 0.25) is 0 Å². The fourth-order valence-corrected chi connectivity index (χ4v) is 1.93. The summed E-state index contributed by atoms with van der Waals surface area (Å²) in [5, 5.41) is 3.06. The third-order valence-corrected chi connectivity index (χ3v) is 2.88. The van der Waals surface area contributed by atoms with E-state index in [0.717, 1.165) is 24.2 Å². The van der Waals surface area contributed by atoms with Crippen molar-refractivity contribution in [2.75, 3.05) is 32.5 Å². The van der Waals surface area contributed by atoms with E-state index in [2.05, 4.69) is 16.3 Å². The molecule has 2 rings (SSSR count). The largest absolute Gasteiger partial charge is 0.388 e. The van der Waals surface area contributed by atoms with Crippen molar-refractivity contribution >= 4 is 11.5 Å². The Morgan fingerprint density at radius 1 is 1.40 bits per heavy atom. The lowest BCUT2D eigenvalue weighted by atomic mass is 10.0. The SMILES string of the molecule is CNc1ccc2c(c1)C(=O)CN(C)CC2. The van der Waals surface area contributed by atoms with E-state index in [1.807, 2.05) is 26.2 Å². The lowest BCUT2D eigenvalue weighted by Gasteiger charge is -2.09. The molecule has 3 nitrogen and oxygen atoms in total. The molecule has 1 N–H and O–H groups in total. The highest BCUT2D eigenvalue weighted by Gasteiger charge is 2.18. The Bertz CT molecular complexity index is 387. The third-order valence-electron chi connectivity index (χ3n) is 2.88. The zero-order valence-electron chi connectivity index (χ0n) is 9.21. The summed E-state index contributed by atoms with van der Waals surface area (Å²) in [4.78, 5) is 14.0. The molecular formula is C12H16N2O. The van der Waals surface area contributed by atoms with Gasteiger partial charge in [0.15, 0.2) is 5.78 Å². The zero-order chi connectivity index (χ0) is 10.8. The molecule has 0 amide bonds. The summed E-state index contributed by atoms with van der Waals surface area (Å²) in [6.07, 6.45) is 0.960. The number of nitrogens with zero attached hydrogens (tertiary/aromatic N) is 1. The Morgan fingerprint density at radius 3 is 2.93 bits per heavy atom. The van der Waals surface area contributed by atoms with Crippen LogP contribution >= 0.6 is 0 Å². The number of likely N-dealkylation sites (N-methyl/N-ethyl adjacent to an activating group) is 1. The number of anilines is 1. The Balaban J connectivity index is 2.41. The van der Waals surface area contributed by atoms with E-state index in [4.69, 9.17) is 0 Å². The van der Waals surface area contributed by atoms with E-state index in [9.17, 15) is 4.79 Å². The van der Waals surface area contributed by atoms with E-state index in [1.165, 1.54) is 5.56 Å². The maximum absolute atomic E-state index is 11.9. The van der Waals surface area contributed by atoms with Crippen LogP contribution in [0.25, 0.3) is 0 Å². The molecule has 1 aromatic rings. The van der Waals surface area contributed by atoms with Crippen LogP contribution in [0.1, 0.15) is 15.9 Å². The van der Waals surface area contributed by atoms with Gasteiger partial charge < -0.3 is 5.32 Å². The van der Waals surface area contributed by atoms with Crippen LogP contribution in [0.15, 0.2) is 18.2 Å². The van der Waals surface area contributed by atoms with Gasteiger partial charge in [-0.15, -0.1) is 0 Å². The fourth-order valence-electron chi connectivity index (χ4n) is 1.93. The molecule has 1 heterocycles. The maximum atomic E-state index is 11.9. The van der Waals surface area contributed by atoms with Gasteiger partial charge in [0.25, 0.3) is 0 Å². The number of hydrogen-bond acceptors (Lipinski definition) is 3. The van der Waals surface area contributed by atoms with Gasteiger partial charge in [0, 0.05) is 24.8 Å². The second kappa shape index (κ2) is 4.03. The molecule has 1 aliphatic rings. The first-order chi connectivity index (χ1) is 7.20. The second-order valence-corrected chi connectivity index (χ2v) is 4.03. The van der Waals surface area contributed by atoms with Gasteiger partial charge in [0.1, 0.15) is 0 Å². The van der Waals surface area contributed by atoms with Crippen LogP contribution in [-0.4, -0.2) is 37.9 Å². The molecule has 0 radical (unpaired) electrons. The first kappa shape index (κ1) is 10.2. The molecule has 1 aromatic carbocycles. The number of fused-ring (bicyclic) bond motifs is 1. The van der Waals surface area contributed by atoms with E-state index >= 15 is 0 Å². The molecule has 0 aliphatic carbocycles. The minimum absolute atomic E-state index is 0.224. The van der Waals surface area contributed by atoms with Gasteiger partial charge in [0.05, 0.1) is 6.54 Å². The van der Waals surface area contributed by atoms with E-state index < -0.39 is 0 Å². The van der Waals surface area contributed by atoms with Crippen LogP contribution in [0.3, 0.4) is 0 Å². The number of carbonyl (C=O) groups is 1. The highest BCUT2D eigenvalue weighted by Crippen LogP contribution is 2.19. The highest BCUT2D eigenvalue weighted by molar-refractivity contribution is 6.00. The van der Waals surface area contributed by atoms with Gasteiger partial charge in [-0.2, -0.15) is 0 Å². The first-order valence-electron chi connectivity index (χ1n) is 5.23. The number of hydrogen-bond donors (Lipinski definition) is 1. The van der Waals surface area contributed by atoms with Gasteiger partial charge >= 0.3 is 0 Å². The number of Topliss-reactive ketones (excluding diaryl/α,β-unsaturated/α-hetero) is 1. The molecule has 0 aromatic heterocycles. The average Bonchev–Trinajstić information content (AvgIpc) is 2.38. The molecule has 3 heteroatoms. The molecule has 0 unspecified atom stereocenters. The van der Waals surface area contributed by atoms with E-state index in [0.29, 0.717) is 6.54 Å². The molecule has 0 spiro atoms. The summed E-state index contributed by atoms with van der Waals surface area (Å²) in [5.41, 5.74) is 3.06. The van der Waals surface area contributed by atoms with Crippen molar-refractivity contribution in [2.24, 2.45) is 0 Å². The molecule has 15 heavy (non-hydrogen) atoms. The summed E-state index contributed by atoms with van der Waals surface area (Å²) >= 11 is 0. The minimum Gasteiger partial charge on any atom is -0.388 e. The quantitative estimate of drug-likeness (QED) is 0.750. The van der Waals surface area contributed by atoms with Crippen LogP contribution in [-0.2, 0) is 6.42 Å². The number of benzene rings is 1. The highest BCUT2D eigenvalue weighted by atomic mass is 16.1. The smallest absolute Gasteiger partial charge is 0.177 e. The molecule has 0 atom stereocenters. The Morgan fingerprint density at radius 2 is 2.20 bits per heavy atom. The topological polar surface area (TPSA) is 32.3 Å². The van der Waals surface area contributed by atoms with Crippen molar-refractivity contribution in [3.63, 3.8) is 0 Å². The fraction of sp³-hybridized carbons (Fsp3) is 0.417. The van der Waals surface area contributed by atoms with Gasteiger partial charge in [-0.1, -0.05) is 6.07 Å². The van der Waals surface area contributed by atoms with Crippen LogP contribution in [0, 0.1) is 0 Å². The van der Waals surface area contributed by atoms with Gasteiger partial charge in [-0.25, -0.2) is 0 Å². The van der Waals surface area contributed by atoms with Crippen LogP contribution in [0.4, 0.5) is 5.69 Å². The van der Waals surface area contributed by atoms with Crippen molar-refractivity contribution in [3.05, 3.63) is 29.3 Å². The summed E-state index contributed by atoms with van der Waals surface area (Å²) in [5.74, 6) is 0.224.